The third-order valence-corrected chi connectivity index (χ3v) is 3.32. The summed E-state index contributed by atoms with van der Waals surface area (Å²) in [7, 11) is 2.08. The summed E-state index contributed by atoms with van der Waals surface area (Å²) in [4.78, 5) is 13.9. The standard InChI is InChI=1S/C17H29N3O/c1-15(2)18-12-7-11-17(21)19-13-8-14-20(3)16-9-5-4-6-10-16/h4-6,9-10,15,18H,7-8,11-14H2,1-3H3,(H,19,21). The maximum atomic E-state index is 11.6. The van der Waals surface area contributed by atoms with Crippen LogP contribution in [-0.2, 0) is 4.79 Å². The molecule has 0 atom stereocenters. The van der Waals surface area contributed by atoms with Crippen molar-refractivity contribution in [1.82, 2.24) is 10.6 Å². The van der Waals surface area contributed by atoms with Crippen molar-refractivity contribution in [2.75, 3.05) is 31.6 Å². The lowest BCUT2D eigenvalue weighted by Gasteiger charge is -2.19. The number of carbonyl (C=O) groups excluding carboxylic acids is 1. The van der Waals surface area contributed by atoms with E-state index in [1.807, 2.05) is 18.2 Å². The van der Waals surface area contributed by atoms with Crippen LogP contribution in [0.25, 0.3) is 0 Å². The first-order valence-corrected chi connectivity index (χ1v) is 7.86. The minimum atomic E-state index is 0.155. The molecule has 1 rings (SSSR count). The summed E-state index contributed by atoms with van der Waals surface area (Å²) in [5.41, 5.74) is 1.21. The summed E-state index contributed by atoms with van der Waals surface area (Å²) in [6, 6.07) is 10.8. The second kappa shape index (κ2) is 10.2. The van der Waals surface area contributed by atoms with Crippen molar-refractivity contribution in [2.45, 2.75) is 39.2 Å². The summed E-state index contributed by atoms with van der Waals surface area (Å²) in [6.45, 7) is 6.82. The lowest BCUT2D eigenvalue weighted by molar-refractivity contribution is -0.121. The van der Waals surface area contributed by atoms with Gasteiger partial charge < -0.3 is 15.5 Å². The molecule has 0 fully saturated rings. The highest BCUT2D eigenvalue weighted by molar-refractivity contribution is 5.75. The largest absolute Gasteiger partial charge is 0.375 e. The Labute approximate surface area is 128 Å². The predicted molar refractivity (Wildman–Crippen MR) is 89.7 cm³/mol. The Morgan fingerprint density at radius 2 is 1.86 bits per heavy atom. The Hall–Kier alpha value is -1.55. The van der Waals surface area contributed by atoms with Gasteiger partial charge >= 0.3 is 0 Å². The van der Waals surface area contributed by atoms with Crippen molar-refractivity contribution in [3.63, 3.8) is 0 Å². The highest BCUT2D eigenvalue weighted by Crippen LogP contribution is 2.10. The van der Waals surface area contributed by atoms with Crippen LogP contribution in [0.15, 0.2) is 30.3 Å². The number of hydrogen-bond donors (Lipinski definition) is 2. The molecule has 0 radical (unpaired) electrons. The van der Waals surface area contributed by atoms with Crippen LogP contribution in [0.3, 0.4) is 0 Å². The van der Waals surface area contributed by atoms with Gasteiger partial charge in [-0.1, -0.05) is 32.0 Å². The molecule has 0 aliphatic heterocycles. The van der Waals surface area contributed by atoms with Gasteiger partial charge in [-0.3, -0.25) is 4.79 Å². The number of hydrogen-bond acceptors (Lipinski definition) is 3. The summed E-state index contributed by atoms with van der Waals surface area (Å²) in [5.74, 6) is 0.155. The van der Waals surface area contributed by atoms with Gasteiger partial charge in [0.1, 0.15) is 0 Å². The first-order valence-electron chi connectivity index (χ1n) is 7.86. The zero-order chi connectivity index (χ0) is 15.5. The molecule has 0 unspecified atom stereocenters. The summed E-state index contributed by atoms with van der Waals surface area (Å²) in [6.07, 6.45) is 2.46. The van der Waals surface area contributed by atoms with E-state index in [1.54, 1.807) is 0 Å². The zero-order valence-corrected chi connectivity index (χ0v) is 13.6. The molecule has 0 aromatic heterocycles. The van der Waals surface area contributed by atoms with Crippen molar-refractivity contribution in [3.8, 4) is 0 Å². The average molecular weight is 291 g/mol. The molecule has 4 nitrogen and oxygen atoms in total. The Morgan fingerprint density at radius 1 is 1.14 bits per heavy atom. The zero-order valence-electron chi connectivity index (χ0n) is 13.6. The van der Waals surface area contributed by atoms with Gasteiger partial charge in [-0.25, -0.2) is 0 Å². The molecule has 1 aromatic carbocycles. The van der Waals surface area contributed by atoms with Gasteiger partial charge in [-0.05, 0) is 31.5 Å². The van der Waals surface area contributed by atoms with Gasteiger partial charge in [0.2, 0.25) is 5.91 Å². The topological polar surface area (TPSA) is 44.4 Å². The van der Waals surface area contributed by atoms with Crippen molar-refractivity contribution in [3.05, 3.63) is 30.3 Å². The Kier molecular flexibility index (Phi) is 8.51. The molecule has 0 bridgehead atoms. The number of amides is 1. The fraction of sp³-hybridized carbons (Fsp3) is 0.588. The molecule has 1 amide bonds. The van der Waals surface area contributed by atoms with E-state index < -0.39 is 0 Å². The van der Waals surface area contributed by atoms with Crippen molar-refractivity contribution >= 4 is 11.6 Å². The second-order valence-corrected chi connectivity index (χ2v) is 5.67. The van der Waals surface area contributed by atoms with E-state index in [9.17, 15) is 4.79 Å². The van der Waals surface area contributed by atoms with Crippen LogP contribution in [0.5, 0.6) is 0 Å². The third-order valence-electron chi connectivity index (χ3n) is 3.32. The maximum Gasteiger partial charge on any atom is 0.220 e. The molecule has 0 saturated heterocycles. The summed E-state index contributed by atoms with van der Waals surface area (Å²) >= 11 is 0. The maximum absolute atomic E-state index is 11.6. The van der Waals surface area contributed by atoms with Gasteiger partial charge in [0, 0.05) is 38.3 Å². The molecule has 0 heterocycles. The number of anilines is 1. The van der Waals surface area contributed by atoms with E-state index in [2.05, 4.69) is 48.6 Å². The lowest BCUT2D eigenvalue weighted by Crippen LogP contribution is -2.29. The molecule has 2 N–H and O–H groups in total. The van der Waals surface area contributed by atoms with Crippen LogP contribution in [-0.4, -0.2) is 38.6 Å². The van der Waals surface area contributed by atoms with Crippen LogP contribution in [0.4, 0.5) is 5.69 Å². The number of nitrogens with zero attached hydrogens (tertiary/aromatic N) is 1. The van der Waals surface area contributed by atoms with Crippen molar-refractivity contribution in [1.29, 1.82) is 0 Å². The van der Waals surface area contributed by atoms with E-state index in [1.165, 1.54) is 5.69 Å². The fourth-order valence-electron chi connectivity index (χ4n) is 2.08. The second-order valence-electron chi connectivity index (χ2n) is 5.67. The monoisotopic (exact) mass is 291 g/mol. The van der Waals surface area contributed by atoms with Crippen LogP contribution >= 0.6 is 0 Å². The molecule has 0 saturated carbocycles. The minimum absolute atomic E-state index is 0.155. The minimum Gasteiger partial charge on any atom is -0.375 e. The summed E-state index contributed by atoms with van der Waals surface area (Å²) < 4.78 is 0. The molecule has 0 aliphatic carbocycles. The Balaban J connectivity index is 2.04. The molecular weight excluding hydrogens is 262 g/mol. The molecule has 118 valence electrons. The van der Waals surface area contributed by atoms with E-state index in [-0.39, 0.29) is 5.91 Å². The van der Waals surface area contributed by atoms with Gasteiger partial charge in [-0.2, -0.15) is 0 Å². The van der Waals surface area contributed by atoms with E-state index in [4.69, 9.17) is 0 Å². The van der Waals surface area contributed by atoms with Crippen LogP contribution in [0.2, 0.25) is 0 Å². The number of nitrogens with one attached hydrogen (secondary N) is 2. The molecule has 1 aromatic rings. The van der Waals surface area contributed by atoms with Crippen LogP contribution < -0.4 is 15.5 Å². The first kappa shape index (κ1) is 17.5. The lowest BCUT2D eigenvalue weighted by atomic mass is 10.2. The molecule has 0 spiro atoms. The van der Waals surface area contributed by atoms with Gasteiger partial charge in [0.15, 0.2) is 0 Å². The highest BCUT2D eigenvalue weighted by Gasteiger charge is 2.02. The molecule has 4 heteroatoms. The first-order chi connectivity index (χ1) is 10.1. The van der Waals surface area contributed by atoms with Gasteiger partial charge in [0.05, 0.1) is 0 Å². The number of para-hydroxylation sites is 1. The number of rotatable bonds is 10. The van der Waals surface area contributed by atoms with E-state index in [0.29, 0.717) is 12.5 Å². The Morgan fingerprint density at radius 3 is 2.52 bits per heavy atom. The SMILES string of the molecule is CC(C)NCCCC(=O)NCCCN(C)c1ccccc1. The smallest absolute Gasteiger partial charge is 0.220 e. The fourth-order valence-corrected chi connectivity index (χ4v) is 2.08. The average Bonchev–Trinajstić information content (AvgIpc) is 2.48. The molecule has 0 aliphatic rings. The Bertz CT molecular complexity index is 392. The quantitative estimate of drug-likeness (QED) is 0.651. The highest BCUT2D eigenvalue weighted by atomic mass is 16.1. The van der Waals surface area contributed by atoms with Gasteiger partial charge in [0.25, 0.3) is 0 Å². The molecule has 21 heavy (non-hydrogen) atoms. The van der Waals surface area contributed by atoms with Crippen molar-refractivity contribution < 1.29 is 4.79 Å². The number of benzene rings is 1. The van der Waals surface area contributed by atoms with Crippen LogP contribution in [0, 0.1) is 0 Å². The summed E-state index contributed by atoms with van der Waals surface area (Å²) in [5, 5.41) is 6.30. The van der Waals surface area contributed by atoms with E-state index in [0.717, 1.165) is 32.5 Å². The van der Waals surface area contributed by atoms with Crippen molar-refractivity contribution in [2.24, 2.45) is 0 Å². The van der Waals surface area contributed by atoms with E-state index >= 15 is 0 Å². The predicted octanol–water partition coefficient (Wildman–Crippen LogP) is 2.41. The number of carbonyl (C=O) groups is 1. The van der Waals surface area contributed by atoms with Crippen LogP contribution in [0.1, 0.15) is 33.1 Å². The third kappa shape index (κ3) is 8.35. The van der Waals surface area contributed by atoms with Gasteiger partial charge in [-0.15, -0.1) is 0 Å². The normalized spacial score (nSPS) is 10.7. The molecular formula is C17H29N3O.